The van der Waals surface area contributed by atoms with Crippen LogP contribution in [0.15, 0.2) is 42.5 Å². The number of nitrogens with two attached hydrogens (primary N) is 1. The van der Waals surface area contributed by atoms with Crippen LogP contribution >= 0.6 is 11.6 Å². The molecule has 2 aromatic carbocycles. The molecule has 0 bridgehead atoms. The first-order chi connectivity index (χ1) is 14.7. The van der Waals surface area contributed by atoms with E-state index in [0.717, 1.165) is 0 Å². The maximum absolute atomic E-state index is 13.7. The third kappa shape index (κ3) is 3.77. The normalized spacial score (nSPS) is 15.0. The van der Waals surface area contributed by atoms with Crippen LogP contribution in [0.25, 0.3) is 11.3 Å². The number of carbonyl (C=O) groups excluding carboxylic acids is 1. The summed E-state index contributed by atoms with van der Waals surface area (Å²) in [6, 6.07) is 10.0. The zero-order valence-electron chi connectivity index (χ0n) is 17.1. The molecule has 9 heteroatoms. The third-order valence-electron chi connectivity index (χ3n) is 5.51. The Bertz CT molecular complexity index is 1140. The number of hydrogen-bond donors (Lipinski definition) is 2. The van der Waals surface area contributed by atoms with E-state index >= 15 is 0 Å². The van der Waals surface area contributed by atoms with Crippen molar-refractivity contribution in [3.8, 4) is 11.3 Å². The summed E-state index contributed by atoms with van der Waals surface area (Å²) in [5.74, 6) is 0.294. The van der Waals surface area contributed by atoms with Crippen molar-refractivity contribution in [1.82, 2.24) is 14.5 Å². The lowest BCUT2D eigenvalue weighted by molar-refractivity contribution is -0.137. The van der Waals surface area contributed by atoms with Crippen LogP contribution in [0.3, 0.4) is 0 Å². The number of rotatable bonds is 4. The Balaban J connectivity index is 1.89. The molecule has 0 saturated heterocycles. The average Bonchev–Trinajstić information content (AvgIpc) is 3.09. The highest BCUT2D eigenvalue weighted by molar-refractivity contribution is 6.33. The van der Waals surface area contributed by atoms with E-state index in [1.165, 1.54) is 24.3 Å². The SMILES string of the molecule is CC1(C)c2nc(-c3ccc(F)cc3Cl)c(Nc3ccc(F)cc3)n2CCN1C(=O)CN. The summed E-state index contributed by atoms with van der Waals surface area (Å²) in [5, 5.41) is 3.51. The summed E-state index contributed by atoms with van der Waals surface area (Å²) in [7, 11) is 0. The van der Waals surface area contributed by atoms with Crippen molar-refractivity contribution in [2.45, 2.75) is 25.9 Å². The highest BCUT2D eigenvalue weighted by Crippen LogP contribution is 2.41. The number of halogens is 3. The predicted molar refractivity (Wildman–Crippen MR) is 116 cm³/mol. The van der Waals surface area contributed by atoms with E-state index in [2.05, 4.69) is 5.32 Å². The molecule has 1 amide bonds. The zero-order valence-corrected chi connectivity index (χ0v) is 17.9. The number of amides is 1. The number of aromatic nitrogens is 2. The molecule has 31 heavy (non-hydrogen) atoms. The number of imidazole rings is 1. The number of anilines is 2. The van der Waals surface area contributed by atoms with Gasteiger partial charge in [0.05, 0.1) is 17.1 Å². The minimum atomic E-state index is -0.737. The second-order valence-corrected chi connectivity index (χ2v) is 8.26. The van der Waals surface area contributed by atoms with Crippen molar-refractivity contribution >= 4 is 29.0 Å². The van der Waals surface area contributed by atoms with Crippen LogP contribution in [-0.2, 0) is 16.9 Å². The summed E-state index contributed by atoms with van der Waals surface area (Å²) >= 11 is 6.35. The lowest BCUT2D eigenvalue weighted by atomic mass is 9.99. The first-order valence-electron chi connectivity index (χ1n) is 9.82. The Hall–Kier alpha value is -2.97. The molecule has 4 rings (SSSR count). The fraction of sp³-hybridized carbons (Fsp3) is 0.273. The Morgan fingerprint density at radius 1 is 1.16 bits per heavy atom. The van der Waals surface area contributed by atoms with Gasteiger partial charge in [0.1, 0.15) is 29.0 Å². The monoisotopic (exact) mass is 445 g/mol. The van der Waals surface area contributed by atoms with Gasteiger partial charge in [0.15, 0.2) is 0 Å². The molecule has 1 aromatic heterocycles. The molecule has 1 aliphatic rings. The first-order valence-corrected chi connectivity index (χ1v) is 10.2. The van der Waals surface area contributed by atoms with E-state index in [1.807, 2.05) is 18.4 Å². The van der Waals surface area contributed by atoms with Crippen molar-refractivity contribution < 1.29 is 13.6 Å². The minimum Gasteiger partial charge on any atom is -0.340 e. The van der Waals surface area contributed by atoms with Crippen molar-refractivity contribution in [2.24, 2.45) is 5.73 Å². The number of benzene rings is 2. The zero-order chi connectivity index (χ0) is 22.3. The lowest BCUT2D eigenvalue weighted by Gasteiger charge is -2.42. The van der Waals surface area contributed by atoms with Crippen molar-refractivity contribution in [1.29, 1.82) is 0 Å². The average molecular weight is 446 g/mol. The molecule has 0 saturated carbocycles. The van der Waals surface area contributed by atoms with Gasteiger partial charge in [-0.15, -0.1) is 0 Å². The van der Waals surface area contributed by atoms with Crippen molar-refractivity contribution in [3.63, 3.8) is 0 Å². The Kier molecular flexibility index (Phi) is 5.45. The first kappa shape index (κ1) is 21.3. The topological polar surface area (TPSA) is 76.2 Å². The molecule has 1 aliphatic heterocycles. The van der Waals surface area contributed by atoms with E-state index in [9.17, 15) is 13.6 Å². The van der Waals surface area contributed by atoms with Gasteiger partial charge < -0.3 is 20.5 Å². The fourth-order valence-corrected chi connectivity index (χ4v) is 4.21. The molecule has 162 valence electrons. The maximum atomic E-state index is 13.7. The number of nitrogens with one attached hydrogen (secondary N) is 1. The molecule has 0 aliphatic carbocycles. The van der Waals surface area contributed by atoms with Crippen LogP contribution in [0.2, 0.25) is 5.02 Å². The van der Waals surface area contributed by atoms with Crippen LogP contribution in [0, 0.1) is 11.6 Å². The Labute approximate surface area is 183 Å². The van der Waals surface area contributed by atoms with Gasteiger partial charge in [0.2, 0.25) is 5.91 Å². The Morgan fingerprint density at radius 2 is 1.84 bits per heavy atom. The molecule has 3 N–H and O–H groups in total. The molecular weight excluding hydrogens is 424 g/mol. The van der Waals surface area contributed by atoms with Gasteiger partial charge in [-0.1, -0.05) is 11.6 Å². The quantitative estimate of drug-likeness (QED) is 0.629. The number of fused-ring (bicyclic) bond motifs is 1. The Morgan fingerprint density at radius 3 is 2.48 bits per heavy atom. The highest BCUT2D eigenvalue weighted by Gasteiger charge is 2.41. The summed E-state index contributed by atoms with van der Waals surface area (Å²) in [5.41, 5.74) is 6.58. The van der Waals surface area contributed by atoms with Crippen LogP contribution in [0.1, 0.15) is 19.7 Å². The van der Waals surface area contributed by atoms with Crippen molar-refractivity contribution in [3.05, 3.63) is 64.9 Å². The van der Waals surface area contributed by atoms with Gasteiger partial charge in [-0.25, -0.2) is 13.8 Å². The van der Waals surface area contributed by atoms with E-state index < -0.39 is 11.4 Å². The van der Waals surface area contributed by atoms with E-state index in [0.29, 0.717) is 41.7 Å². The van der Waals surface area contributed by atoms with Gasteiger partial charge in [-0.2, -0.15) is 0 Å². The molecule has 0 radical (unpaired) electrons. The third-order valence-corrected chi connectivity index (χ3v) is 5.82. The predicted octanol–water partition coefficient (Wildman–Crippen LogP) is 4.26. The molecule has 0 atom stereocenters. The molecule has 3 aromatic rings. The minimum absolute atomic E-state index is 0.0958. The number of hydrogen-bond acceptors (Lipinski definition) is 4. The van der Waals surface area contributed by atoms with Gasteiger partial charge in [-0.05, 0) is 56.3 Å². The van der Waals surface area contributed by atoms with Gasteiger partial charge >= 0.3 is 0 Å². The summed E-state index contributed by atoms with van der Waals surface area (Å²) in [6.45, 7) is 4.62. The molecule has 0 unspecified atom stereocenters. The van der Waals surface area contributed by atoms with Gasteiger partial charge in [0.25, 0.3) is 0 Å². The standard InChI is InChI=1S/C22H22ClF2N5O/c1-22(2)21-28-19(16-8-5-14(25)11-17(16)23)20(27-15-6-3-13(24)4-7-15)29(21)9-10-30(22)18(31)12-26/h3-8,11,27H,9-10,12,26H2,1-2H3. The smallest absolute Gasteiger partial charge is 0.237 e. The van der Waals surface area contributed by atoms with Gasteiger partial charge in [-0.3, -0.25) is 4.79 Å². The molecule has 0 spiro atoms. The molecule has 2 heterocycles. The van der Waals surface area contributed by atoms with Crippen LogP contribution in [-0.4, -0.2) is 33.4 Å². The summed E-state index contributed by atoms with van der Waals surface area (Å²) in [4.78, 5) is 18.9. The van der Waals surface area contributed by atoms with E-state index in [4.69, 9.17) is 22.3 Å². The maximum Gasteiger partial charge on any atom is 0.237 e. The molecule has 6 nitrogen and oxygen atoms in total. The summed E-state index contributed by atoms with van der Waals surface area (Å²) < 4.78 is 29.0. The lowest BCUT2D eigenvalue weighted by Crippen LogP contribution is -2.53. The number of nitrogens with zero attached hydrogens (tertiary/aromatic N) is 3. The van der Waals surface area contributed by atoms with Crippen LogP contribution in [0.4, 0.5) is 20.3 Å². The molecule has 0 fully saturated rings. The van der Waals surface area contributed by atoms with Crippen LogP contribution < -0.4 is 11.1 Å². The largest absolute Gasteiger partial charge is 0.340 e. The summed E-state index contributed by atoms with van der Waals surface area (Å²) in [6.07, 6.45) is 0. The van der Waals surface area contributed by atoms with E-state index in [-0.39, 0.29) is 23.3 Å². The van der Waals surface area contributed by atoms with Crippen LogP contribution in [0.5, 0.6) is 0 Å². The van der Waals surface area contributed by atoms with Gasteiger partial charge in [0, 0.05) is 24.3 Å². The second kappa shape index (κ2) is 7.94. The highest BCUT2D eigenvalue weighted by atomic mass is 35.5. The molecular formula is C22H22ClF2N5O. The second-order valence-electron chi connectivity index (χ2n) is 7.85. The number of carbonyl (C=O) groups is 1. The van der Waals surface area contributed by atoms with Crippen molar-refractivity contribution in [2.75, 3.05) is 18.4 Å². The fourth-order valence-electron chi connectivity index (χ4n) is 3.95. The van der Waals surface area contributed by atoms with E-state index in [1.54, 1.807) is 23.1 Å².